The van der Waals surface area contributed by atoms with Gasteiger partial charge in [0, 0.05) is 60.7 Å². The van der Waals surface area contributed by atoms with Crippen molar-refractivity contribution in [1.29, 1.82) is 0 Å². The summed E-state index contributed by atoms with van der Waals surface area (Å²) in [6.07, 6.45) is 0. The van der Waals surface area contributed by atoms with Gasteiger partial charge >= 0.3 is 19.1 Å². The summed E-state index contributed by atoms with van der Waals surface area (Å²) < 4.78 is 31.1. The van der Waals surface area contributed by atoms with Gasteiger partial charge in [-0.3, -0.25) is 0 Å². The fourth-order valence-electron chi connectivity index (χ4n) is 0.957. The molecule has 0 fully saturated rings. The van der Waals surface area contributed by atoms with Gasteiger partial charge in [-0.25, -0.2) is 0 Å². The maximum absolute atomic E-state index is 5.18. The van der Waals surface area contributed by atoms with Crippen molar-refractivity contribution in [3.63, 3.8) is 0 Å². The molecule has 0 aliphatic rings. The van der Waals surface area contributed by atoms with Gasteiger partial charge in [-0.1, -0.05) is 0 Å². The Labute approximate surface area is 148 Å². The molecular weight excluding hydrogens is 480 g/mol. The minimum absolute atomic E-state index is 0. The van der Waals surface area contributed by atoms with Crippen LogP contribution in [0.1, 0.15) is 41.5 Å². The van der Waals surface area contributed by atoms with Crippen LogP contribution >= 0.6 is 0 Å². The predicted molar refractivity (Wildman–Crippen MR) is 81.3 cm³/mol. The van der Waals surface area contributed by atoms with Crippen molar-refractivity contribution >= 4 is 19.1 Å². The van der Waals surface area contributed by atoms with Gasteiger partial charge in [-0.05, 0) is 41.5 Å². The summed E-state index contributed by atoms with van der Waals surface area (Å²) in [6.45, 7) is 15.6. The maximum Gasteiger partial charge on any atom is 0.577 e. The molecule has 0 heterocycles. The molecule has 0 unspecified atom stereocenters. The first-order valence-corrected chi connectivity index (χ1v) is 9.65. The number of hydrogen-bond acceptors (Lipinski definition) is 6. The van der Waals surface area contributed by atoms with E-state index in [0.29, 0.717) is 39.6 Å². The van der Waals surface area contributed by atoms with Gasteiger partial charge in [0.25, 0.3) is 0 Å². The zero-order valence-corrected chi connectivity index (χ0v) is 19.0. The Kier molecular flexibility index (Phi) is 29.5. The average molecular weight is 510 g/mol. The Morgan fingerprint density at radius 3 is 0.667 bits per heavy atom. The zero-order valence-electron chi connectivity index (χ0n) is 14.1. The van der Waals surface area contributed by atoms with Gasteiger partial charge in [0.05, 0.1) is 0 Å². The van der Waals surface area contributed by atoms with E-state index in [0.717, 1.165) is 0 Å². The summed E-state index contributed by atoms with van der Waals surface area (Å²) in [7, 11) is -2.79. The van der Waals surface area contributed by atoms with E-state index in [9.17, 15) is 0 Å². The molecule has 0 aromatic rings. The van der Waals surface area contributed by atoms with E-state index in [1.807, 2.05) is 41.5 Å². The topological polar surface area (TPSA) is 55.4 Å². The van der Waals surface area contributed by atoms with Crippen LogP contribution in [0.15, 0.2) is 0 Å². The second kappa shape index (κ2) is 23.2. The molecule has 0 saturated heterocycles. The molecule has 0 rings (SSSR count). The van der Waals surface area contributed by atoms with Crippen molar-refractivity contribution in [2.24, 2.45) is 0 Å². The molecule has 0 atom stereocenters. The molecule has 0 bridgehead atoms. The van der Waals surface area contributed by atoms with Crippen LogP contribution in [-0.2, 0) is 47.6 Å². The minimum Gasteiger partial charge on any atom is -0.371 e. The third-order valence-electron chi connectivity index (χ3n) is 1.57. The molecular formula is C12H30O6Si2W. The van der Waals surface area contributed by atoms with E-state index in [-0.39, 0.29) is 21.1 Å². The van der Waals surface area contributed by atoms with Crippen LogP contribution in [0.3, 0.4) is 0 Å². The van der Waals surface area contributed by atoms with Crippen molar-refractivity contribution in [2.75, 3.05) is 39.6 Å². The second-order valence-electron chi connectivity index (χ2n) is 3.10. The van der Waals surface area contributed by atoms with Gasteiger partial charge in [0.2, 0.25) is 0 Å². The third kappa shape index (κ3) is 20.9. The van der Waals surface area contributed by atoms with Gasteiger partial charge in [-0.15, -0.1) is 0 Å². The Morgan fingerprint density at radius 2 is 0.571 bits per heavy atom. The molecule has 0 aromatic heterocycles. The summed E-state index contributed by atoms with van der Waals surface area (Å²) in [4.78, 5) is 0. The molecule has 9 heteroatoms. The first-order valence-electron chi connectivity index (χ1n) is 7.20. The van der Waals surface area contributed by atoms with Crippen molar-refractivity contribution in [1.82, 2.24) is 0 Å². The molecule has 0 amide bonds. The van der Waals surface area contributed by atoms with Crippen molar-refractivity contribution in [2.45, 2.75) is 41.5 Å². The van der Waals surface area contributed by atoms with Gasteiger partial charge < -0.3 is 26.6 Å². The minimum atomic E-state index is -1.40. The van der Waals surface area contributed by atoms with Crippen LogP contribution in [0.2, 0.25) is 0 Å². The van der Waals surface area contributed by atoms with E-state index in [1.165, 1.54) is 0 Å². The number of hydrogen-bond donors (Lipinski definition) is 0. The quantitative estimate of drug-likeness (QED) is 0.376. The van der Waals surface area contributed by atoms with Crippen molar-refractivity contribution < 1.29 is 47.6 Å². The SMILES string of the molecule is CCO[Si](OCC)OCC.CCO[Si](OCC)OCC.[W]. The molecule has 0 saturated carbocycles. The largest absolute Gasteiger partial charge is 0.577 e. The molecule has 0 aromatic carbocycles. The van der Waals surface area contributed by atoms with Gasteiger partial charge in [-0.2, -0.15) is 0 Å². The monoisotopic (exact) mass is 510 g/mol. The summed E-state index contributed by atoms with van der Waals surface area (Å²) in [5.74, 6) is 0. The van der Waals surface area contributed by atoms with Crippen LogP contribution < -0.4 is 0 Å². The number of rotatable bonds is 12. The van der Waals surface area contributed by atoms with Crippen LogP contribution in [0.4, 0.5) is 0 Å². The molecule has 0 N–H and O–H groups in total. The second-order valence-corrected chi connectivity index (χ2v) is 5.83. The van der Waals surface area contributed by atoms with Crippen LogP contribution in [0, 0.1) is 0 Å². The Morgan fingerprint density at radius 1 is 0.429 bits per heavy atom. The first-order chi connectivity index (χ1) is 9.69. The van der Waals surface area contributed by atoms with Crippen molar-refractivity contribution in [3.8, 4) is 0 Å². The normalized spacial score (nSPS) is 10.3. The van der Waals surface area contributed by atoms with Gasteiger partial charge in [0.1, 0.15) is 0 Å². The summed E-state index contributed by atoms with van der Waals surface area (Å²) in [6, 6.07) is 0. The third-order valence-corrected chi connectivity index (χ3v) is 4.72. The molecule has 128 valence electrons. The van der Waals surface area contributed by atoms with E-state index in [2.05, 4.69) is 0 Å². The summed E-state index contributed by atoms with van der Waals surface area (Å²) in [5.41, 5.74) is 0. The molecule has 2 radical (unpaired) electrons. The molecule has 21 heavy (non-hydrogen) atoms. The molecule has 0 aliphatic heterocycles. The van der Waals surface area contributed by atoms with Crippen LogP contribution in [0.25, 0.3) is 0 Å². The maximum atomic E-state index is 5.18. The average Bonchev–Trinajstić information content (AvgIpc) is 2.41. The van der Waals surface area contributed by atoms with E-state index < -0.39 is 19.1 Å². The zero-order chi connectivity index (χ0) is 15.6. The Balaban J connectivity index is -0.000000295. The van der Waals surface area contributed by atoms with Crippen molar-refractivity contribution in [3.05, 3.63) is 0 Å². The smallest absolute Gasteiger partial charge is 0.371 e. The predicted octanol–water partition coefficient (Wildman–Crippen LogP) is 2.16. The first kappa shape index (κ1) is 26.8. The standard InChI is InChI=1S/2C6H15O3Si.W/c2*1-4-7-10(8-5-2)9-6-3;/h2*4-6H2,1-3H3;. The van der Waals surface area contributed by atoms with Gasteiger partial charge in [0.15, 0.2) is 0 Å². The van der Waals surface area contributed by atoms with E-state index >= 15 is 0 Å². The van der Waals surface area contributed by atoms with E-state index in [1.54, 1.807) is 0 Å². The fraction of sp³-hybridized carbons (Fsp3) is 1.00. The Hall–Kier alpha value is 0.882. The van der Waals surface area contributed by atoms with Crippen LogP contribution in [-0.4, -0.2) is 58.7 Å². The van der Waals surface area contributed by atoms with E-state index in [4.69, 9.17) is 26.6 Å². The van der Waals surface area contributed by atoms with Crippen LogP contribution in [0.5, 0.6) is 0 Å². The molecule has 0 spiro atoms. The summed E-state index contributed by atoms with van der Waals surface area (Å²) in [5, 5.41) is 0. The fourth-order valence-corrected chi connectivity index (χ4v) is 2.87. The summed E-state index contributed by atoms with van der Waals surface area (Å²) >= 11 is 0. The molecule has 0 aliphatic carbocycles. The Bertz CT molecular complexity index is 135. The molecule has 6 nitrogen and oxygen atoms in total.